The first-order valence-electron chi connectivity index (χ1n) is 18.8. The Morgan fingerprint density at radius 1 is 0.304 bits per heavy atom. The number of aromatic nitrogens is 4. The minimum Gasteiger partial charge on any atom is -0.456 e. The zero-order valence-electron chi connectivity index (χ0n) is 30.2. The van der Waals surface area contributed by atoms with Gasteiger partial charge in [-0.15, -0.1) is 0 Å². The second-order valence-electron chi connectivity index (χ2n) is 14.1. The Labute approximate surface area is 322 Å². The van der Waals surface area contributed by atoms with E-state index in [4.69, 9.17) is 19.4 Å². The molecule has 5 heteroatoms. The smallest absolute Gasteiger partial charge is 0.164 e. The molecular weight excluding hydrogens is 685 g/mol. The van der Waals surface area contributed by atoms with Gasteiger partial charge in [-0.1, -0.05) is 152 Å². The van der Waals surface area contributed by atoms with Crippen LogP contribution in [0.25, 0.3) is 106 Å². The van der Waals surface area contributed by atoms with E-state index in [0.29, 0.717) is 17.5 Å². The summed E-state index contributed by atoms with van der Waals surface area (Å²) in [5.74, 6) is 1.88. The van der Waals surface area contributed by atoms with E-state index in [9.17, 15) is 0 Å². The highest BCUT2D eigenvalue weighted by atomic mass is 16.3. The van der Waals surface area contributed by atoms with Gasteiger partial charge in [-0.25, -0.2) is 15.0 Å². The zero-order chi connectivity index (χ0) is 37.0. The summed E-state index contributed by atoms with van der Waals surface area (Å²) in [7, 11) is 0. The van der Waals surface area contributed by atoms with Crippen LogP contribution in [0.1, 0.15) is 0 Å². The normalized spacial score (nSPS) is 11.6. The molecule has 5 nitrogen and oxygen atoms in total. The van der Waals surface area contributed by atoms with Crippen LogP contribution in [0.4, 0.5) is 0 Å². The third-order valence-corrected chi connectivity index (χ3v) is 10.7. The van der Waals surface area contributed by atoms with E-state index in [1.54, 1.807) is 0 Å². The van der Waals surface area contributed by atoms with Gasteiger partial charge in [-0.2, -0.15) is 0 Å². The van der Waals surface area contributed by atoms with Gasteiger partial charge in [0.05, 0.1) is 11.0 Å². The number of furan rings is 1. The summed E-state index contributed by atoms with van der Waals surface area (Å²) in [6, 6.07) is 67.5. The second-order valence-corrected chi connectivity index (χ2v) is 14.1. The summed E-state index contributed by atoms with van der Waals surface area (Å²) >= 11 is 0. The second kappa shape index (κ2) is 13.0. The number of nitrogens with zero attached hydrogens (tertiary/aromatic N) is 4. The van der Waals surface area contributed by atoms with Crippen LogP contribution in [0, 0.1) is 0 Å². The Morgan fingerprint density at radius 3 is 1.59 bits per heavy atom. The van der Waals surface area contributed by atoms with Crippen molar-refractivity contribution < 1.29 is 4.42 Å². The van der Waals surface area contributed by atoms with Crippen molar-refractivity contribution in [2.75, 3.05) is 0 Å². The molecule has 0 atom stereocenters. The molecule has 11 aromatic rings. The van der Waals surface area contributed by atoms with Gasteiger partial charge in [-0.05, 0) is 64.7 Å². The lowest BCUT2D eigenvalue weighted by Crippen LogP contribution is -2.00. The number of benzene rings is 8. The van der Waals surface area contributed by atoms with Crippen LogP contribution in [-0.4, -0.2) is 19.5 Å². The van der Waals surface area contributed by atoms with Crippen molar-refractivity contribution >= 4 is 43.7 Å². The number of rotatable bonds is 6. The van der Waals surface area contributed by atoms with Crippen LogP contribution in [0.2, 0.25) is 0 Å². The predicted molar refractivity (Wildman–Crippen MR) is 229 cm³/mol. The zero-order valence-corrected chi connectivity index (χ0v) is 30.2. The maximum absolute atomic E-state index is 6.26. The SMILES string of the molecule is c1ccc(-c2ccc(-c3nc(-c4ccccc4)nc(-c4ccc5c6ccccc6n(-c6cccc(-c7ccc8c(c7)oc7ccccc78)c6)c5c4)n3)cc2)cc1. The fraction of sp³-hybridized carbons (Fsp3) is 0. The van der Waals surface area contributed by atoms with Gasteiger partial charge in [0.2, 0.25) is 0 Å². The van der Waals surface area contributed by atoms with Crippen LogP contribution >= 0.6 is 0 Å². The van der Waals surface area contributed by atoms with Crippen LogP contribution in [0.3, 0.4) is 0 Å². The molecule has 0 spiro atoms. The van der Waals surface area contributed by atoms with E-state index in [1.165, 1.54) is 10.9 Å². The van der Waals surface area contributed by atoms with E-state index < -0.39 is 0 Å². The predicted octanol–water partition coefficient (Wildman–Crippen LogP) is 13.2. The Morgan fingerprint density at radius 2 is 0.804 bits per heavy atom. The van der Waals surface area contributed by atoms with Gasteiger partial charge in [0.1, 0.15) is 11.2 Å². The minimum absolute atomic E-state index is 0.618. The molecule has 262 valence electrons. The van der Waals surface area contributed by atoms with Gasteiger partial charge in [0.25, 0.3) is 0 Å². The van der Waals surface area contributed by atoms with Crippen molar-refractivity contribution in [3.63, 3.8) is 0 Å². The highest BCUT2D eigenvalue weighted by molar-refractivity contribution is 6.10. The lowest BCUT2D eigenvalue weighted by molar-refractivity contribution is 0.669. The molecule has 0 amide bonds. The van der Waals surface area contributed by atoms with Crippen molar-refractivity contribution in [1.29, 1.82) is 0 Å². The molecule has 0 fully saturated rings. The average Bonchev–Trinajstić information content (AvgIpc) is 3.82. The summed E-state index contributed by atoms with van der Waals surface area (Å²) in [6.07, 6.45) is 0. The molecule has 3 heterocycles. The first kappa shape index (κ1) is 31.9. The van der Waals surface area contributed by atoms with Gasteiger partial charge in [-0.3, -0.25) is 0 Å². The quantitative estimate of drug-likeness (QED) is 0.172. The Bertz CT molecular complexity index is 3240. The first-order chi connectivity index (χ1) is 27.7. The molecule has 0 aliphatic heterocycles. The lowest BCUT2D eigenvalue weighted by atomic mass is 10.0. The molecule has 0 aliphatic carbocycles. The summed E-state index contributed by atoms with van der Waals surface area (Å²) in [5.41, 5.74) is 12.3. The molecule has 0 radical (unpaired) electrons. The van der Waals surface area contributed by atoms with Crippen molar-refractivity contribution in [1.82, 2.24) is 19.5 Å². The van der Waals surface area contributed by atoms with E-state index in [2.05, 4.69) is 150 Å². The maximum atomic E-state index is 6.26. The van der Waals surface area contributed by atoms with Gasteiger partial charge >= 0.3 is 0 Å². The van der Waals surface area contributed by atoms with Crippen LogP contribution in [0.5, 0.6) is 0 Å². The molecule has 8 aromatic carbocycles. The van der Waals surface area contributed by atoms with Crippen molar-refractivity contribution in [3.05, 3.63) is 194 Å². The molecular formula is C51H32N4O. The van der Waals surface area contributed by atoms with Crippen molar-refractivity contribution in [2.24, 2.45) is 0 Å². The summed E-state index contributed by atoms with van der Waals surface area (Å²) in [6.45, 7) is 0. The Hall–Kier alpha value is -7.63. The number of hydrogen-bond donors (Lipinski definition) is 0. The molecule has 0 saturated carbocycles. The lowest BCUT2D eigenvalue weighted by Gasteiger charge is -2.12. The molecule has 3 aromatic heterocycles. The van der Waals surface area contributed by atoms with E-state index in [-0.39, 0.29) is 0 Å². The first-order valence-corrected chi connectivity index (χ1v) is 18.8. The van der Waals surface area contributed by atoms with Crippen molar-refractivity contribution in [2.45, 2.75) is 0 Å². The monoisotopic (exact) mass is 716 g/mol. The van der Waals surface area contributed by atoms with Crippen LogP contribution in [0.15, 0.2) is 199 Å². The van der Waals surface area contributed by atoms with Gasteiger partial charge in [0, 0.05) is 43.9 Å². The third-order valence-electron chi connectivity index (χ3n) is 10.7. The largest absolute Gasteiger partial charge is 0.456 e. The van der Waals surface area contributed by atoms with E-state index in [1.807, 2.05) is 48.5 Å². The third kappa shape index (κ3) is 5.45. The van der Waals surface area contributed by atoms with Gasteiger partial charge in [0.15, 0.2) is 17.5 Å². The fourth-order valence-corrected chi connectivity index (χ4v) is 7.91. The minimum atomic E-state index is 0.618. The standard InChI is InChI=1S/C51H32N4O/c1-3-12-33(13-4-1)34-22-24-36(25-23-34)50-52-49(35-14-5-2-6-15-35)53-51(54-50)39-27-28-42-41-18-7-9-20-45(41)55(46(42)31-39)40-17-11-16-37(30-40)38-26-29-44-43-19-8-10-21-47(43)56-48(44)32-38/h1-32H. The summed E-state index contributed by atoms with van der Waals surface area (Å²) < 4.78 is 8.61. The number of para-hydroxylation sites is 2. The average molecular weight is 717 g/mol. The topological polar surface area (TPSA) is 56.7 Å². The highest BCUT2D eigenvalue weighted by Crippen LogP contribution is 2.37. The molecule has 0 aliphatic rings. The molecule has 11 rings (SSSR count). The Kier molecular flexibility index (Phi) is 7.42. The molecule has 56 heavy (non-hydrogen) atoms. The van der Waals surface area contributed by atoms with E-state index >= 15 is 0 Å². The fourth-order valence-electron chi connectivity index (χ4n) is 7.91. The number of fused-ring (bicyclic) bond motifs is 6. The van der Waals surface area contributed by atoms with Crippen molar-refractivity contribution in [3.8, 4) is 62.1 Å². The number of hydrogen-bond acceptors (Lipinski definition) is 4. The van der Waals surface area contributed by atoms with Gasteiger partial charge < -0.3 is 8.98 Å². The van der Waals surface area contributed by atoms with Crippen LogP contribution in [-0.2, 0) is 0 Å². The molecule has 0 saturated heterocycles. The van der Waals surface area contributed by atoms with Crippen LogP contribution < -0.4 is 0 Å². The highest BCUT2D eigenvalue weighted by Gasteiger charge is 2.17. The summed E-state index contributed by atoms with van der Waals surface area (Å²) in [4.78, 5) is 15.2. The molecule has 0 N–H and O–H groups in total. The summed E-state index contributed by atoms with van der Waals surface area (Å²) in [5, 5.41) is 4.60. The Balaban J connectivity index is 1.05. The molecule has 0 bridgehead atoms. The maximum Gasteiger partial charge on any atom is 0.164 e. The van der Waals surface area contributed by atoms with E-state index in [0.717, 1.165) is 77.4 Å². The molecule has 0 unspecified atom stereocenters.